The summed E-state index contributed by atoms with van der Waals surface area (Å²) in [5.74, 6) is 0.911. The summed E-state index contributed by atoms with van der Waals surface area (Å²) >= 11 is 0. The fourth-order valence-corrected chi connectivity index (χ4v) is 3.35. The van der Waals surface area contributed by atoms with E-state index in [2.05, 4.69) is 30.0 Å². The van der Waals surface area contributed by atoms with Crippen molar-refractivity contribution in [2.75, 3.05) is 13.1 Å². The van der Waals surface area contributed by atoms with E-state index in [0.29, 0.717) is 18.2 Å². The molecule has 1 aromatic carbocycles. The van der Waals surface area contributed by atoms with Gasteiger partial charge in [-0.15, -0.1) is 0 Å². The standard InChI is InChI=1S/C15H19NO/c1-2-8-16-10-13-7-6-11-4-3-5-12(15(11)13)9-14(16)17/h3-5,13H,2,6-10H2,1H3. The highest BCUT2D eigenvalue weighted by Gasteiger charge is 2.31. The molecule has 1 amide bonds. The monoisotopic (exact) mass is 229 g/mol. The number of amides is 1. The first-order valence-corrected chi connectivity index (χ1v) is 6.68. The van der Waals surface area contributed by atoms with Crippen molar-refractivity contribution in [1.29, 1.82) is 0 Å². The third kappa shape index (κ3) is 1.76. The molecule has 0 N–H and O–H groups in total. The highest BCUT2D eigenvalue weighted by molar-refractivity contribution is 5.80. The first-order valence-electron chi connectivity index (χ1n) is 6.68. The lowest BCUT2D eigenvalue weighted by Gasteiger charge is -2.22. The van der Waals surface area contributed by atoms with Crippen LogP contribution in [0.15, 0.2) is 18.2 Å². The van der Waals surface area contributed by atoms with E-state index in [1.165, 1.54) is 29.5 Å². The van der Waals surface area contributed by atoms with Gasteiger partial charge in [-0.2, -0.15) is 0 Å². The zero-order valence-corrected chi connectivity index (χ0v) is 10.4. The number of aryl methyl sites for hydroxylation is 1. The van der Waals surface area contributed by atoms with E-state index in [1.54, 1.807) is 0 Å². The van der Waals surface area contributed by atoms with Gasteiger partial charge in [0.15, 0.2) is 0 Å². The van der Waals surface area contributed by atoms with Crippen LogP contribution in [0, 0.1) is 0 Å². The Morgan fingerprint density at radius 1 is 1.35 bits per heavy atom. The first-order chi connectivity index (χ1) is 8.29. The minimum Gasteiger partial charge on any atom is -0.342 e. The number of nitrogens with zero attached hydrogens (tertiary/aromatic N) is 1. The van der Waals surface area contributed by atoms with Crippen LogP contribution in [0.1, 0.15) is 42.4 Å². The van der Waals surface area contributed by atoms with Crippen molar-refractivity contribution in [2.24, 2.45) is 0 Å². The lowest BCUT2D eigenvalue weighted by atomic mass is 9.95. The lowest BCUT2D eigenvalue weighted by Crippen LogP contribution is -2.34. The van der Waals surface area contributed by atoms with Crippen molar-refractivity contribution >= 4 is 5.91 Å². The lowest BCUT2D eigenvalue weighted by molar-refractivity contribution is -0.130. The maximum Gasteiger partial charge on any atom is 0.227 e. The predicted octanol–water partition coefficient (Wildman–Crippen LogP) is 2.51. The molecule has 0 bridgehead atoms. The summed E-state index contributed by atoms with van der Waals surface area (Å²) < 4.78 is 0. The molecule has 1 aliphatic heterocycles. The van der Waals surface area contributed by atoms with E-state index in [1.807, 2.05) is 0 Å². The smallest absolute Gasteiger partial charge is 0.227 e. The van der Waals surface area contributed by atoms with Crippen LogP contribution in [-0.2, 0) is 17.6 Å². The molecule has 0 fully saturated rings. The molecule has 0 aromatic heterocycles. The van der Waals surface area contributed by atoms with E-state index >= 15 is 0 Å². The average Bonchev–Trinajstić information content (AvgIpc) is 2.67. The van der Waals surface area contributed by atoms with Gasteiger partial charge in [0, 0.05) is 19.0 Å². The van der Waals surface area contributed by atoms with Gasteiger partial charge in [-0.05, 0) is 36.0 Å². The maximum atomic E-state index is 12.2. The minimum atomic E-state index is 0.314. The third-order valence-electron chi connectivity index (χ3n) is 4.09. The maximum absolute atomic E-state index is 12.2. The molecule has 17 heavy (non-hydrogen) atoms. The minimum absolute atomic E-state index is 0.314. The molecule has 0 saturated heterocycles. The molecule has 1 aromatic rings. The molecule has 2 nitrogen and oxygen atoms in total. The number of carbonyl (C=O) groups excluding carboxylic acids is 1. The largest absolute Gasteiger partial charge is 0.342 e. The Kier molecular flexibility index (Phi) is 2.65. The zero-order valence-electron chi connectivity index (χ0n) is 10.4. The second-order valence-electron chi connectivity index (χ2n) is 5.24. The summed E-state index contributed by atoms with van der Waals surface area (Å²) in [7, 11) is 0. The molecule has 2 aliphatic rings. The summed E-state index contributed by atoms with van der Waals surface area (Å²) in [6.07, 6.45) is 4.09. The Bertz CT molecular complexity index is 452. The van der Waals surface area contributed by atoms with Gasteiger partial charge in [0.25, 0.3) is 0 Å². The third-order valence-corrected chi connectivity index (χ3v) is 4.09. The van der Waals surface area contributed by atoms with E-state index in [9.17, 15) is 4.79 Å². The summed E-state index contributed by atoms with van der Waals surface area (Å²) in [5, 5.41) is 0. The molecule has 1 aliphatic carbocycles. The predicted molar refractivity (Wildman–Crippen MR) is 68.1 cm³/mol. The van der Waals surface area contributed by atoms with Crippen LogP contribution < -0.4 is 0 Å². The van der Waals surface area contributed by atoms with Crippen LogP contribution in [-0.4, -0.2) is 23.9 Å². The zero-order chi connectivity index (χ0) is 11.8. The van der Waals surface area contributed by atoms with Gasteiger partial charge in [0.2, 0.25) is 5.91 Å². The highest BCUT2D eigenvalue weighted by Crippen LogP contribution is 2.38. The van der Waals surface area contributed by atoms with Crippen LogP contribution in [0.3, 0.4) is 0 Å². The Hall–Kier alpha value is -1.31. The quantitative estimate of drug-likeness (QED) is 0.763. The van der Waals surface area contributed by atoms with Crippen LogP contribution in [0.2, 0.25) is 0 Å². The van der Waals surface area contributed by atoms with Gasteiger partial charge in [-0.25, -0.2) is 0 Å². The summed E-state index contributed by atoms with van der Waals surface area (Å²) in [4.78, 5) is 14.2. The fourth-order valence-electron chi connectivity index (χ4n) is 3.35. The molecular weight excluding hydrogens is 210 g/mol. The number of benzene rings is 1. The molecule has 0 saturated carbocycles. The molecule has 90 valence electrons. The Labute approximate surface area is 103 Å². The van der Waals surface area contributed by atoms with E-state index < -0.39 is 0 Å². The SMILES string of the molecule is CCCN1CC2CCc3cccc(c32)CC1=O. The summed E-state index contributed by atoms with van der Waals surface area (Å²) in [5.41, 5.74) is 4.27. The molecular formula is C15H19NO. The van der Waals surface area contributed by atoms with Gasteiger partial charge in [-0.1, -0.05) is 25.1 Å². The first kappa shape index (κ1) is 10.8. The molecule has 1 unspecified atom stereocenters. The van der Waals surface area contributed by atoms with Crippen LogP contribution >= 0.6 is 0 Å². The van der Waals surface area contributed by atoms with Gasteiger partial charge in [0.1, 0.15) is 0 Å². The number of hydrogen-bond donors (Lipinski definition) is 0. The topological polar surface area (TPSA) is 20.3 Å². The Morgan fingerprint density at radius 2 is 2.18 bits per heavy atom. The second kappa shape index (κ2) is 4.17. The van der Waals surface area contributed by atoms with Crippen LogP contribution in [0.25, 0.3) is 0 Å². The number of carbonyl (C=O) groups is 1. The fraction of sp³-hybridized carbons (Fsp3) is 0.533. The van der Waals surface area contributed by atoms with Crippen molar-refractivity contribution in [3.05, 3.63) is 34.9 Å². The number of hydrogen-bond acceptors (Lipinski definition) is 1. The Morgan fingerprint density at radius 3 is 3.00 bits per heavy atom. The summed E-state index contributed by atoms with van der Waals surface area (Å²) in [6, 6.07) is 6.49. The van der Waals surface area contributed by atoms with Crippen LogP contribution in [0.5, 0.6) is 0 Å². The van der Waals surface area contributed by atoms with E-state index in [0.717, 1.165) is 19.5 Å². The van der Waals surface area contributed by atoms with E-state index in [-0.39, 0.29) is 0 Å². The van der Waals surface area contributed by atoms with Crippen molar-refractivity contribution in [3.8, 4) is 0 Å². The molecule has 2 heteroatoms. The highest BCUT2D eigenvalue weighted by atomic mass is 16.2. The molecule has 3 rings (SSSR count). The molecule has 0 spiro atoms. The van der Waals surface area contributed by atoms with Crippen molar-refractivity contribution in [3.63, 3.8) is 0 Å². The summed E-state index contributed by atoms with van der Waals surface area (Å²) in [6.45, 7) is 4.00. The van der Waals surface area contributed by atoms with E-state index in [4.69, 9.17) is 0 Å². The van der Waals surface area contributed by atoms with Crippen molar-refractivity contribution in [1.82, 2.24) is 4.90 Å². The van der Waals surface area contributed by atoms with Gasteiger partial charge in [0.05, 0.1) is 6.42 Å². The Balaban J connectivity index is 1.99. The molecule has 0 radical (unpaired) electrons. The van der Waals surface area contributed by atoms with Crippen LogP contribution in [0.4, 0.5) is 0 Å². The molecule has 1 heterocycles. The van der Waals surface area contributed by atoms with Gasteiger partial charge in [-0.3, -0.25) is 4.79 Å². The second-order valence-corrected chi connectivity index (χ2v) is 5.24. The number of rotatable bonds is 2. The normalized spacial score (nSPS) is 22.5. The average molecular weight is 229 g/mol. The van der Waals surface area contributed by atoms with Gasteiger partial charge >= 0.3 is 0 Å². The van der Waals surface area contributed by atoms with Gasteiger partial charge < -0.3 is 4.90 Å². The van der Waals surface area contributed by atoms with Crippen molar-refractivity contribution < 1.29 is 4.79 Å². The molecule has 1 atom stereocenters. The van der Waals surface area contributed by atoms with Crippen molar-refractivity contribution in [2.45, 2.75) is 38.5 Å².